The predicted molar refractivity (Wildman–Crippen MR) is 76.8 cm³/mol. The van der Waals surface area contributed by atoms with Crippen LogP contribution in [0.3, 0.4) is 0 Å². The second kappa shape index (κ2) is 5.29. The van der Waals surface area contributed by atoms with Crippen LogP contribution in [0.15, 0.2) is 30.5 Å². The van der Waals surface area contributed by atoms with Gasteiger partial charge in [0.05, 0.1) is 18.8 Å². The smallest absolute Gasteiger partial charge is 0.337 e. The van der Waals surface area contributed by atoms with E-state index in [0.29, 0.717) is 11.6 Å². The van der Waals surface area contributed by atoms with Gasteiger partial charge in [-0.15, -0.1) is 0 Å². The van der Waals surface area contributed by atoms with Crippen molar-refractivity contribution in [2.24, 2.45) is 0 Å². The molecule has 1 aliphatic rings. The number of carbonyl (C=O) groups is 1. The van der Waals surface area contributed by atoms with Crippen LogP contribution in [-0.2, 0) is 4.74 Å². The van der Waals surface area contributed by atoms with E-state index in [4.69, 9.17) is 4.74 Å². The monoisotopic (exact) mass is 273 g/mol. The molecule has 1 fully saturated rings. The maximum atomic E-state index is 11.5. The summed E-state index contributed by atoms with van der Waals surface area (Å²) in [6, 6.07) is 8.14. The molecule has 0 atom stereocenters. The van der Waals surface area contributed by atoms with Crippen LogP contribution in [0.4, 0.5) is 0 Å². The third-order valence-corrected chi connectivity index (χ3v) is 4.20. The molecule has 1 aromatic heterocycles. The van der Waals surface area contributed by atoms with Crippen LogP contribution in [-0.4, -0.2) is 28.9 Å². The lowest BCUT2D eigenvalue weighted by atomic mass is 9.93. The summed E-state index contributed by atoms with van der Waals surface area (Å²) in [5, 5.41) is 10.7. The zero-order valence-electron chi connectivity index (χ0n) is 11.6. The Morgan fingerprint density at radius 2 is 2.00 bits per heavy atom. The van der Waals surface area contributed by atoms with Crippen LogP contribution in [0.25, 0.3) is 10.9 Å². The zero-order valence-corrected chi connectivity index (χ0v) is 11.6. The van der Waals surface area contributed by atoms with E-state index in [1.807, 2.05) is 24.3 Å². The van der Waals surface area contributed by atoms with Crippen molar-refractivity contribution >= 4 is 16.9 Å². The summed E-state index contributed by atoms with van der Waals surface area (Å²) < 4.78 is 7.01. The van der Waals surface area contributed by atoms with Crippen molar-refractivity contribution in [1.29, 1.82) is 0 Å². The number of aliphatic hydroxyl groups excluding tert-OH is 1. The highest BCUT2D eigenvalue weighted by Gasteiger charge is 2.21. The van der Waals surface area contributed by atoms with Crippen LogP contribution in [0.2, 0.25) is 0 Å². The van der Waals surface area contributed by atoms with Gasteiger partial charge >= 0.3 is 5.97 Å². The van der Waals surface area contributed by atoms with Gasteiger partial charge in [0.25, 0.3) is 0 Å². The minimum absolute atomic E-state index is 0.140. The number of benzene rings is 1. The van der Waals surface area contributed by atoms with Crippen LogP contribution in [0, 0.1) is 0 Å². The summed E-state index contributed by atoms with van der Waals surface area (Å²) in [6.45, 7) is 0. The Labute approximate surface area is 118 Å². The first-order chi connectivity index (χ1) is 9.69. The minimum Gasteiger partial charge on any atom is -0.465 e. The van der Waals surface area contributed by atoms with Gasteiger partial charge in [-0.05, 0) is 49.9 Å². The highest BCUT2D eigenvalue weighted by molar-refractivity contribution is 5.94. The van der Waals surface area contributed by atoms with E-state index >= 15 is 0 Å². The van der Waals surface area contributed by atoms with Gasteiger partial charge in [-0.25, -0.2) is 4.79 Å². The molecule has 1 N–H and O–H groups in total. The van der Waals surface area contributed by atoms with Crippen LogP contribution in [0.1, 0.15) is 42.1 Å². The molecule has 0 saturated heterocycles. The molecule has 1 aromatic carbocycles. The van der Waals surface area contributed by atoms with Gasteiger partial charge in [0.1, 0.15) is 0 Å². The van der Waals surface area contributed by atoms with Crippen LogP contribution < -0.4 is 0 Å². The van der Waals surface area contributed by atoms with Gasteiger partial charge in [0.2, 0.25) is 0 Å². The topological polar surface area (TPSA) is 51.5 Å². The molecule has 1 heterocycles. The average Bonchev–Trinajstić information content (AvgIpc) is 2.90. The maximum absolute atomic E-state index is 11.5. The molecule has 1 aliphatic carbocycles. The molecule has 3 rings (SSSR count). The summed E-state index contributed by atoms with van der Waals surface area (Å²) in [5.74, 6) is -0.305. The molecule has 0 bridgehead atoms. The number of fused-ring (bicyclic) bond motifs is 1. The van der Waals surface area contributed by atoms with Gasteiger partial charge in [-0.1, -0.05) is 0 Å². The zero-order chi connectivity index (χ0) is 14.1. The first-order valence-electron chi connectivity index (χ1n) is 7.06. The predicted octanol–water partition coefficient (Wildman–Crippen LogP) is 2.90. The average molecular weight is 273 g/mol. The van der Waals surface area contributed by atoms with Gasteiger partial charge in [0.15, 0.2) is 0 Å². The number of esters is 1. The normalized spacial score (nSPS) is 22.9. The Morgan fingerprint density at radius 3 is 2.70 bits per heavy atom. The minimum atomic E-state index is -0.305. The number of hydrogen-bond donors (Lipinski definition) is 1. The number of rotatable bonds is 2. The molecule has 0 amide bonds. The standard InChI is InChI=1S/C16H19NO3/c1-20-16(19)12-2-7-15-11(10-12)8-9-17(15)13-3-5-14(18)6-4-13/h2,7-10,13-14,18H,3-6H2,1H3/t13-,14+. The van der Waals surface area contributed by atoms with E-state index in [-0.39, 0.29) is 12.1 Å². The lowest BCUT2D eigenvalue weighted by molar-refractivity contribution is 0.0601. The third-order valence-electron chi connectivity index (χ3n) is 4.20. The molecule has 0 spiro atoms. The number of aromatic nitrogens is 1. The summed E-state index contributed by atoms with van der Waals surface area (Å²) in [4.78, 5) is 11.5. The highest BCUT2D eigenvalue weighted by Crippen LogP contribution is 2.32. The molecule has 4 nitrogen and oxygen atoms in total. The van der Waals surface area contributed by atoms with Crippen molar-refractivity contribution in [3.05, 3.63) is 36.0 Å². The van der Waals surface area contributed by atoms with Gasteiger partial charge in [0, 0.05) is 23.1 Å². The summed E-state index contributed by atoms with van der Waals surface area (Å²) in [6.07, 6.45) is 5.68. The van der Waals surface area contributed by atoms with Crippen molar-refractivity contribution < 1.29 is 14.6 Å². The molecule has 0 aliphatic heterocycles. The molecular weight excluding hydrogens is 254 g/mol. The third kappa shape index (κ3) is 2.31. The second-order valence-corrected chi connectivity index (χ2v) is 5.45. The number of hydrogen-bond acceptors (Lipinski definition) is 3. The molecule has 0 radical (unpaired) electrons. The number of carbonyl (C=O) groups excluding carboxylic acids is 1. The number of nitrogens with zero attached hydrogens (tertiary/aromatic N) is 1. The van der Waals surface area contributed by atoms with E-state index in [1.165, 1.54) is 7.11 Å². The van der Waals surface area contributed by atoms with Crippen molar-refractivity contribution in [2.75, 3.05) is 7.11 Å². The van der Waals surface area contributed by atoms with Crippen LogP contribution >= 0.6 is 0 Å². The van der Waals surface area contributed by atoms with Gasteiger partial charge in [-0.2, -0.15) is 0 Å². The molecule has 1 saturated carbocycles. The van der Waals surface area contributed by atoms with E-state index < -0.39 is 0 Å². The first kappa shape index (κ1) is 13.2. The number of methoxy groups -OCH3 is 1. The maximum Gasteiger partial charge on any atom is 0.337 e. The first-order valence-corrected chi connectivity index (χ1v) is 7.06. The Morgan fingerprint density at radius 1 is 1.25 bits per heavy atom. The van der Waals surface area contributed by atoms with Gasteiger partial charge < -0.3 is 14.4 Å². The lowest BCUT2D eigenvalue weighted by Gasteiger charge is -2.27. The summed E-state index contributed by atoms with van der Waals surface area (Å²) >= 11 is 0. The molecular formula is C16H19NO3. The summed E-state index contributed by atoms with van der Waals surface area (Å²) in [7, 11) is 1.39. The molecule has 106 valence electrons. The summed E-state index contributed by atoms with van der Waals surface area (Å²) in [5.41, 5.74) is 1.72. The number of ether oxygens (including phenoxy) is 1. The molecule has 2 aromatic rings. The van der Waals surface area contributed by atoms with Crippen molar-refractivity contribution in [3.8, 4) is 0 Å². The lowest BCUT2D eigenvalue weighted by Crippen LogP contribution is -2.20. The van der Waals surface area contributed by atoms with E-state index in [1.54, 1.807) is 0 Å². The highest BCUT2D eigenvalue weighted by atomic mass is 16.5. The van der Waals surface area contributed by atoms with E-state index in [9.17, 15) is 9.90 Å². The van der Waals surface area contributed by atoms with Gasteiger partial charge in [-0.3, -0.25) is 0 Å². The molecule has 4 heteroatoms. The largest absolute Gasteiger partial charge is 0.465 e. The van der Waals surface area contributed by atoms with Crippen molar-refractivity contribution in [1.82, 2.24) is 4.57 Å². The van der Waals surface area contributed by atoms with E-state index in [0.717, 1.165) is 36.6 Å². The molecule has 20 heavy (non-hydrogen) atoms. The Bertz CT molecular complexity index is 624. The Hall–Kier alpha value is -1.81. The fourth-order valence-electron chi connectivity index (χ4n) is 3.06. The van der Waals surface area contributed by atoms with Crippen molar-refractivity contribution in [3.63, 3.8) is 0 Å². The second-order valence-electron chi connectivity index (χ2n) is 5.45. The Balaban J connectivity index is 1.92. The van der Waals surface area contributed by atoms with Crippen LogP contribution in [0.5, 0.6) is 0 Å². The fraction of sp³-hybridized carbons (Fsp3) is 0.438. The SMILES string of the molecule is COC(=O)c1ccc2c(ccn2[C@H]2CC[C@@H](O)CC2)c1. The van der Waals surface area contributed by atoms with Crippen molar-refractivity contribution in [2.45, 2.75) is 37.8 Å². The van der Waals surface area contributed by atoms with E-state index in [2.05, 4.69) is 10.8 Å². The quantitative estimate of drug-likeness (QED) is 0.856. The fourth-order valence-corrected chi connectivity index (χ4v) is 3.06. The Kier molecular flexibility index (Phi) is 3.49. The molecule has 0 unspecified atom stereocenters. The number of aliphatic hydroxyl groups is 1.